The van der Waals surface area contributed by atoms with E-state index < -0.39 is 0 Å². The Hall–Kier alpha value is -2.82. The summed E-state index contributed by atoms with van der Waals surface area (Å²) in [6.45, 7) is 5.45. The van der Waals surface area contributed by atoms with Gasteiger partial charge in [-0.25, -0.2) is 0 Å². The van der Waals surface area contributed by atoms with Gasteiger partial charge in [-0.2, -0.15) is 0 Å². The van der Waals surface area contributed by atoms with E-state index in [1.807, 2.05) is 18.2 Å². The van der Waals surface area contributed by atoms with Crippen LogP contribution in [0, 0.1) is 5.92 Å². The van der Waals surface area contributed by atoms with Crippen LogP contribution in [0.2, 0.25) is 0 Å². The van der Waals surface area contributed by atoms with Crippen molar-refractivity contribution in [3.8, 4) is 11.5 Å². The van der Waals surface area contributed by atoms with Gasteiger partial charge in [0, 0.05) is 24.6 Å². The number of hydrogen-bond acceptors (Lipinski definition) is 4. The monoisotopic (exact) mass is 395 g/mol. The Morgan fingerprint density at radius 1 is 1.03 bits per heavy atom. The Morgan fingerprint density at radius 2 is 1.72 bits per heavy atom. The van der Waals surface area contributed by atoms with Crippen LogP contribution < -0.4 is 9.47 Å². The van der Waals surface area contributed by atoms with Gasteiger partial charge < -0.3 is 14.4 Å². The number of ether oxygens (including phenoxy) is 2. The maximum atomic E-state index is 12.7. The molecule has 0 bridgehead atoms. The summed E-state index contributed by atoms with van der Waals surface area (Å²) in [5, 5.41) is 0. The summed E-state index contributed by atoms with van der Waals surface area (Å²) >= 11 is 0. The summed E-state index contributed by atoms with van der Waals surface area (Å²) in [4.78, 5) is 27.0. The van der Waals surface area contributed by atoms with Gasteiger partial charge >= 0.3 is 0 Å². The Morgan fingerprint density at radius 3 is 2.34 bits per heavy atom. The van der Waals surface area contributed by atoms with Gasteiger partial charge in [-0.05, 0) is 60.7 Å². The van der Waals surface area contributed by atoms with Gasteiger partial charge in [-0.3, -0.25) is 9.59 Å². The number of amides is 1. The minimum absolute atomic E-state index is 0.0264. The lowest BCUT2D eigenvalue weighted by Gasteiger charge is -2.31. The molecule has 0 aliphatic carbocycles. The Balaban J connectivity index is 1.49. The lowest BCUT2D eigenvalue weighted by Crippen LogP contribution is -2.42. The first-order chi connectivity index (χ1) is 14.0. The molecular weight excluding hydrogens is 366 g/mol. The molecule has 2 aromatic carbocycles. The van der Waals surface area contributed by atoms with Gasteiger partial charge in [0.2, 0.25) is 0 Å². The molecule has 0 atom stereocenters. The normalized spacial score (nSPS) is 14.7. The van der Waals surface area contributed by atoms with Gasteiger partial charge in [-0.1, -0.05) is 26.0 Å². The van der Waals surface area contributed by atoms with E-state index in [0.717, 1.165) is 5.75 Å². The fourth-order valence-electron chi connectivity index (χ4n) is 3.58. The number of hydrogen-bond donors (Lipinski definition) is 0. The maximum Gasteiger partial charge on any atom is 0.260 e. The fourth-order valence-corrected chi connectivity index (χ4v) is 3.58. The maximum absolute atomic E-state index is 12.7. The highest BCUT2D eigenvalue weighted by Crippen LogP contribution is 2.24. The number of piperidine rings is 1. The summed E-state index contributed by atoms with van der Waals surface area (Å²) in [5.74, 6) is 1.93. The average Bonchev–Trinajstić information content (AvgIpc) is 2.77. The molecule has 0 N–H and O–H groups in total. The van der Waals surface area contributed by atoms with E-state index >= 15 is 0 Å². The Bertz CT molecular complexity index is 836. The first-order valence-electron chi connectivity index (χ1n) is 10.2. The molecule has 1 saturated heterocycles. The van der Waals surface area contributed by atoms with Crippen molar-refractivity contribution < 1.29 is 19.1 Å². The molecule has 0 aromatic heterocycles. The SMILES string of the molecule is COc1ccc(C(=O)C2CCN(C(=O)COc3cccc(C(C)C)c3)CC2)cc1. The molecule has 0 unspecified atom stereocenters. The predicted octanol–water partition coefficient (Wildman–Crippen LogP) is 4.32. The number of rotatable bonds is 7. The quantitative estimate of drug-likeness (QED) is 0.655. The highest BCUT2D eigenvalue weighted by Gasteiger charge is 2.28. The third-order valence-corrected chi connectivity index (χ3v) is 5.48. The third-order valence-electron chi connectivity index (χ3n) is 5.48. The van der Waals surface area contributed by atoms with Crippen LogP contribution >= 0.6 is 0 Å². The molecule has 0 saturated carbocycles. The van der Waals surface area contributed by atoms with Crippen molar-refractivity contribution in [3.63, 3.8) is 0 Å². The van der Waals surface area contributed by atoms with Crippen LogP contribution in [0.25, 0.3) is 0 Å². The molecule has 1 amide bonds. The standard InChI is InChI=1S/C24H29NO4/c1-17(2)20-5-4-6-22(15-20)29-16-23(26)25-13-11-19(12-14-25)24(27)18-7-9-21(28-3)10-8-18/h4-10,15,17,19H,11-14,16H2,1-3H3. The molecule has 0 radical (unpaired) electrons. The van der Waals surface area contributed by atoms with E-state index in [2.05, 4.69) is 19.9 Å². The smallest absolute Gasteiger partial charge is 0.260 e. The van der Waals surface area contributed by atoms with Crippen LogP contribution in [0.15, 0.2) is 48.5 Å². The third kappa shape index (κ3) is 5.37. The number of nitrogens with zero attached hydrogens (tertiary/aromatic N) is 1. The molecule has 1 aliphatic rings. The van der Waals surface area contributed by atoms with Crippen LogP contribution in [0.3, 0.4) is 0 Å². The highest BCUT2D eigenvalue weighted by atomic mass is 16.5. The largest absolute Gasteiger partial charge is 0.497 e. The second-order valence-electron chi connectivity index (χ2n) is 7.76. The second-order valence-corrected chi connectivity index (χ2v) is 7.76. The molecule has 0 spiro atoms. The van der Waals surface area contributed by atoms with Crippen molar-refractivity contribution in [2.75, 3.05) is 26.8 Å². The molecule has 2 aromatic rings. The molecule has 3 rings (SSSR count). The molecule has 5 heteroatoms. The van der Waals surface area contributed by atoms with Crippen LogP contribution in [0.5, 0.6) is 11.5 Å². The van der Waals surface area contributed by atoms with Crippen molar-refractivity contribution in [2.24, 2.45) is 5.92 Å². The van der Waals surface area contributed by atoms with E-state index in [-0.39, 0.29) is 24.2 Å². The Labute approximate surface area is 172 Å². The molecule has 154 valence electrons. The minimum atomic E-state index is -0.0453. The second kappa shape index (κ2) is 9.59. The van der Waals surface area contributed by atoms with Crippen LogP contribution in [0.1, 0.15) is 48.5 Å². The minimum Gasteiger partial charge on any atom is -0.497 e. The Kier molecular flexibility index (Phi) is 6.91. The highest BCUT2D eigenvalue weighted by molar-refractivity contribution is 5.98. The molecular formula is C24H29NO4. The number of methoxy groups -OCH3 is 1. The number of likely N-dealkylation sites (tertiary alicyclic amines) is 1. The zero-order valence-electron chi connectivity index (χ0n) is 17.4. The summed E-state index contributed by atoms with van der Waals surface area (Å²) in [7, 11) is 1.61. The van der Waals surface area contributed by atoms with E-state index in [9.17, 15) is 9.59 Å². The molecule has 1 aliphatic heterocycles. The van der Waals surface area contributed by atoms with Gasteiger partial charge in [0.05, 0.1) is 7.11 Å². The van der Waals surface area contributed by atoms with Crippen molar-refractivity contribution in [2.45, 2.75) is 32.6 Å². The first kappa shape index (κ1) is 20.9. The fraction of sp³-hybridized carbons (Fsp3) is 0.417. The first-order valence-corrected chi connectivity index (χ1v) is 10.2. The van der Waals surface area contributed by atoms with Crippen molar-refractivity contribution in [3.05, 3.63) is 59.7 Å². The summed E-state index contributed by atoms with van der Waals surface area (Å²) in [5.41, 5.74) is 1.89. The number of benzene rings is 2. The average molecular weight is 395 g/mol. The van der Waals surface area contributed by atoms with Gasteiger partial charge in [0.25, 0.3) is 5.91 Å². The van der Waals surface area contributed by atoms with Crippen LogP contribution in [-0.2, 0) is 4.79 Å². The number of Topliss-reactive ketones (excluding diaryl/α,β-unsaturated/α-hetero) is 1. The van der Waals surface area contributed by atoms with Gasteiger partial charge in [0.15, 0.2) is 12.4 Å². The zero-order chi connectivity index (χ0) is 20.8. The van der Waals surface area contributed by atoms with Crippen molar-refractivity contribution in [1.29, 1.82) is 0 Å². The predicted molar refractivity (Wildman–Crippen MR) is 113 cm³/mol. The van der Waals surface area contributed by atoms with Gasteiger partial charge in [0.1, 0.15) is 11.5 Å². The summed E-state index contributed by atoms with van der Waals surface area (Å²) in [6, 6.07) is 15.1. The summed E-state index contributed by atoms with van der Waals surface area (Å²) < 4.78 is 10.8. The van der Waals surface area contributed by atoms with Crippen LogP contribution in [-0.4, -0.2) is 43.4 Å². The van der Waals surface area contributed by atoms with E-state index in [1.165, 1.54) is 5.56 Å². The van der Waals surface area contributed by atoms with Crippen molar-refractivity contribution in [1.82, 2.24) is 4.90 Å². The number of carbonyl (C=O) groups is 2. The summed E-state index contributed by atoms with van der Waals surface area (Å²) in [6.07, 6.45) is 1.36. The van der Waals surface area contributed by atoms with E-state index in [4.69, 9.17) is 9.47 Å². The van der Waals surface area contributed by atoms with E-state index in [1.54, 1.807) is 36.3 Å². The molecule has 1 heterocycles. The zero-order valence-corrected chi connectivity index (χ0v) is 17.4. The van der Waals surface area contributed by atoms with Crippen molar-refractivity contribution >= 4 is 11.7 Å². The van der Waals surface area contributed by atoms with E-state index in [0.29, 0.717) is 43.2 Å². The van der Waals surface area contributed by atoms with Gasteiger partial charge in [-0.15, -0.1) is 0 Å². The van der Waals surface area contributed by atoms with Crippen LogP contribution in [0.4, 0.5) is 0 Å². The molecule has 29 heavy (non-hydrogen) atoms. The molecule has 5 nitrogen and oxygen atoms in total. The lowest BCUT2D eigenvalue weighted by molar-refractivity contribution is -0.134. The number of ketones is 1. The topological polar surface area (TPSA) is 55.8 Å². The molecule has 1 fully saturated rings. The lowest BCUT2D eigenvalue weighted by atomic mass is 9.89. The number of carbonyl (C=O) groups excluding carboxylic acids is 2.